The van der Waals surface area contributed by atoms with Crippen molar-refractivity contribution in [1.29, 1.82) is 0 Å². The van der Waals surface area contributed by atoms with Gasteiger partial charge in [0.1, 0.15) is 20.2 Å². The Hall–Kier alpha value is -1.21. The van der Waals surface area contributed by atoms with E-state index >= 15 is 0 Å². The third-order valence-corrected chi connectivity index (χ3v) is 23.9. The van der Waals surface area contributed by atoms with Crippen molar-refractivity contribution in [3.8, 4) is 0 Å². The predicted octanol–water partition coefficient (Wildman–Crippen LogP) is 30.3. The van der Waals surface area contributed by atoms with Crippen LogP contribution in [-0.4, -0.2) is 74.8 Å². The molecule has 0 aliphatic carbocycles. The second kappa shape index (κ2) is 67.0. The second-order valence-electron chi connectivity index (χ2n) is 31.3. The zero-order valence-corrected chi connectivity index (χ0v) is 72.9. The van der Waals surface area contributed by atoms with Crippen molar-refractivity contribution >= 4 is 90.7 Å². The number of rotatable bonds is 70. The molecule has 0 atom stereocenters. The van der Waals surface area contributed by atoms with Gasteiger partial charge >= 0.3 is 48.9 Å². The molecule has 4 aromatic rings. The van der Waals surface area contributed by atoms with Crippen molar-refractivity contribution in [2.24, 2.45) is 0 Å². The molecule has 6 nitrogen and oxygen atoms in total. The molecule has 4 rings (SSSR count). The molecule has 0 saturated heterocycles. The fraction of sp³-hybridized carbons (Fsp3) is 0.783. The molecule has 4 aromatic carbocycles. The number of fused-ring (bicyclic) bond motifs is 2. The average molecular weight is 1560 g/mol. The maximum Gasteiger partial charge on any atom is 2.00 e. The standard InChI is InChI=1S/2C46H80O3S.Ba/c2*1-3-5-7-9-11-13-15-17-19-21-23-25-27-29-31-33-35-42-37-39-44-43(41-42)38-40-46(50(47,48)49)45(44)36-34-32-30-28-26-24-22-20-18-16-14-12-10-8-6-4-2;/h2*37-41H,3-36H2,1-2H3,(H,47,48,49);/q;;+2/p-2. The predicted molar refractivity (Wildman–Crippen MR) is 443 cm³/mol. The summed E-state index contributed by atoms with van der Waals surface area (Å²) >= 11 is 0. The van der Waals surface area contributed by atoms with E-state index in [1.807, 2.05) is 12.1 Å². The number of unbranched alkanes of at least 4 members (excludes halogenated alkanes) is 60. The summed E-state index contributed by atoms with van der Waals surface area (Å²) in [6.45, 7) is 9.13. The van der Waals surface area contributed by atoms with Gasteiger partial charge in [-0.15, -0.1) is 0 Å². The molecule has 0 spiro atoms. The van der Waals surface area contributed by atoms with E-state index in [4.69, 9.17) is 0 Å². The van der Waals surface area contributed by atoms with Crippen LogP contribution in [0, 0.1) is 0 Å². The van der Waals surface area contributed by atoms with Gasteiger partial charge in [0.05, 0.1) is 9.79 Å². The number of benzene rings is 4. The van der Waals surface area contributed by atoms with Crippen LogP contribution in [0.3, 0.4) is 0 Å². The summed E-state index contributed by atoms with van der Waals surface area (Å²) in [5.74, 6) is 0. The topological polar surface area (TPSA) is 114 Å². The van der Waals surface area contributed by atoms with Gasteiger partial charge in [-0.3, -0.25) is 0 Å². The van der Waals surface area contributed by atoms with Crippen molar-refractivity contribution in [2.75, 3.05) is 0 Å². The molecule has 0 heterocycles. The van der Waals surface area contributed by atoms with Gasteiger partial charge in [-0.1, -0.05) is 461 Å². The third kappa shape index (κ3) is 50.9. The van der Waals surface area contributed by atoms with Crippen molar-refractivity contribution in [3.05, 3.63) is 82.9 Å². The van der Waals surface area contributed by atoms with Crippen LogP contribution < -0.4 is 0 Å². The zero-order valence-electron chi connectivity index (χ0n) is 66.8. The second-order valence-corrected chi connectivity index (χ2v) is 34.0. The van der Waals surface area contributed by atoms with Crippen LogP contribution in [0.25, 0.3) is 21.5 Å². The largest absolute Gasteiger partial charge is 2.00 e. The van der Waals surface area contributed by atoms with Crippen LogP contribution in [0.15, 0.2) is 70.5 Å². The molecule has 0 amide bonds. The first-order chi connectivity index (χ1) is 48.9. The van der Waals surface area contributed by atoms with E-state index in [0.29, 0.717) is 12.8 Å². The maximum absolute atomic E-state index is 12.2. The Morgan fingerprint density at radius 2 is 0.386 bits per heavy atom. The molecule has 0 bridgehead atoms. The SMILES string of the molecule is CCCCCCCCCCCCCCCCCCc1ccc2c(CCCCCCCCCCCCCCCCCC)c(S(=O)(=O)[O-])ccc2c1.CCCCCCCCCCCCCCCCCCc1ccc2c(CCCCCCCCCCCCCCCCCC)c(S(=O)(=O)[O-])ccc2c1.[Ba+2]. The Balaban J connectivity index is 0.000000680. The van der Waals surface area contributed by atoms with Crippen LogP contribution in [0.4, 0.5) is 0 Å². The molecule has 0 unspecified atom stereocenters. The molecule has 9 heteroatoms. The zero-order chi connectivity index (χ0) is 71.9. The molecular weight excluding hydrogens is 1400 g/mol. The van der Waals surface area contributed by atoms with Gasteiger partial charge in [0.2, 0.25) is 0 Å². The molecule has 0 saturated carbocycles. The summed E-state index contributed by atoms with van der Waals surface area (Å²) in [5.41, 5.74) is 4.09. The van der Waals surface area contributed by atoms with Crippen molar-refractivity contribution < 1.29 is 25.9 Å². The molecule has 101 heavy (non-hydrogen) atoms. The van der Waals surface area contributed by atoms with Crippen LogP contribution in [-0.2, 0) is 45.9 Å². The van der Waals surface area contributed by atoms with E-state index in [-0.39, 0.29) is 58.7 Å². The van der Waals surface area contributed by atoms with E-state index in [1.165, 1.54) is 396 Å². The van der Waals surface area contributed by atoms with Gasteiger partial charge in [-0.05, 0) is 107 Å². The van der Waals surface area contributed by atoms with Gasteiger partial charge in [0.15, 0.2) is 0 Å². The van der Waals surface area contributed by atoms with Crippen LogP contribution >= 0.6 is 0 Å². The summed E-state index contributed by atoms with van der Waals surface area (Å²) < 4.78 is 72.9. The molecular formula is C92H158BaO6S2. The van der Waals surface area contributed by atoms with Crippen molar-refractivity contribution in [2.45, 2.75) is 474 Å². The van der Waals surface area contributed by atoms with E-state index in [9.17, 15) is 25.9 Å². The van der Waals surface area contributed by atoms with Gasteiger partial charge in [-0.2, -0.15) is 0 Å². The minimum Gasteiger partial charge on any atom is -0.744 e. The minimum absolute atomic E-state index is 0. The minimum atomic E-state index is -4.50. The molecule has 576 valence electrons. The summed E-state index contributed by atoms with van der Waals surface area (Å²) in [6.07, 6.45) is 89.6. The monoisotopic (exact) mass is 1560 g/mol. The third-order valence-electron chi connectivity index (χ3n) is 22.0. The Bertz CT molecular complexity index is 2570. The average Bonchev–Trinajstić information content (AvgIpc) is 0.790. The van der Waals surface area contributed by atoms with E-state index in [0.717, 1.165) is 71.2 Å². The number of hydrogen-bond acceptors (Lipinski definition) is 6. The Labute approximate surface area is 667 Å². The maximum atomic E-state index is 12.2. The number of hydrogen-bond donors (Lipinski definition) is 0. The fourth-order valence-corrected chi connectivity index (χ4v) is 17.1. The van der Waals surface area contributed by atoms with E-state index in [1.54, 1.807) is 12.1 Å². The smallest absolute Gasteiger partial charge is 0.744 e. The van der Waals surface area contributed by atoms with Crippen LogP contribution in [0.5, 0.6) is 0 Å². The molecule has 0 radical (unpaired) electrons. The summed E-state index contributed by atoms with van der Waals surface area (Å²) in [4.78, 5) is -0.0342. The Morgan fingerprint density at radius 3 is 0.564 bits per heavy atom. The van der Waals surface area contributed by atoms with Crippen molar-refractivity contribution in [1.82, 2.24) is 0 Å². The van der Waals surface area contributed by atoms with Crippen LogP contribution in [0.2, 0.25) is 0 Å². The van der Waals surface area contributed by atoms with Gasteiger partial charge in [-0.25, -0.2) is 16.8 Å². The van der Waals surface area contributed by atoms with Gasteiger partial charge in [0.25, 0.3) is 0 Å². The van der Waals surface area contributed by atoms with Gasteiger partial charge in [0, 0.05) is 0 Å². The Kier molecular flexibility index (Phi) is 63.5. The fourth-order valence-electron chi connectivity index (χ4n) is 15.6. The summed E-state index contributed by atoms with van der Waals surface area (Å²) in [5, 5.41) is 4.02. The summed E-state index contributed by atoms with van der Waals surface area (Å²) in [6, 6.07) is 19.7. The normalized spacial score (nSPS) is 11.9. The molecule has 0 aromatic heterocycles. The Morgan fingerprint density at radius 1 is 0.218 bits per heavy atom. The molecule has 0 aliphatic rings. The first-order valence-electron chi connectivity index (χ1n) is 43.9. The van der Waals surface area contributed by atoms with Crippen molar-refractivity contribution in [3.63, 3.8) is 0 Å². The first kappa shape index (κ1) is 95.9. The number of aryl methyl sites for hydroxylation is 4. The van der Waals surface area contributed by atoms with E-state index in [2.05, 4.69) is 64.1 Å². The molecule has 0 aliphatic heterocycles. The van der Waals surface area contributed by atoms with Crippen LogP contribution in [0.1, 0.15) is 461 Å². The van der Waals surface area contributed by atoms with E-state index < -0.39 is 20.2 Å². The quantitative estimate of drug-likeness (QED) is 0.0247. The summed E-state index contributed by atoms with van der Waals surface area (Å²) in [7, 11) is -8.99. The van der Waals surface area contributed by atoms with Gasteiger partial charge < -0.3 is 9.11 Å². The molecule has 0 N–H and O–H groups in total. The first-order valence-corrected chi connectivity index (χ1v) is 46.8. The molecule has 0 fully saturated rings.